The van der Waals surface area contributed by atoms with Crippen LogP contribution in [0.2, 0.25) is 0 Å². The minimum Gasteiger partial charge on any atom is -0.481 e. The lowest BCUT2D eigenvalue weighted by molar-refractivity contribution is -0.138. The molecule has 2 amide bonds. The number of urea groups is 1. The monoisotopic (exact) mass is 453 g/mol. The Hall–Kier alpha value is -3.36. The first-order valence-corrected chi connectivity index (χ1v) is 11.5. The highest BCUT2D eigenvalue weighted by Crippen LogP contribution is 2.29. The molecule has 2 N–H and O–H groups in total. The number of hydrogen-bond acceptors (Lipinski definition) is 6. The molecule has 9 heteroatoms. The van der Waals surface area contributed by atoms with Crippen LogP contribution < -0.4 is 10.1 Å². The second-order valence-corrected chi connectivity index (χ2v) is 8.71. The van der Waals surface area contributed by atoms with Crippen LogP contribution in [0.15, 0.2) is 30.5 Å². The molecule has 2 unspecified atom stereocenters. The molecule has 0 aliphatic carbocycles. The fraction of sp³-hybridized carbons (Fsp3) is 0.500. The lowest BCUT2D eigenvalue weighted by Gasteiger charge is -2.27. The molecule has 2 aromatic rings. The number of rotatable bonds is 9. The zero-order valence-electron chi connectivity index (χ0n) is 19.2. The summed E-state index contributed by atoms with van der Waals surface area (Å²) in [5, 5.41) is 12.9. The van der Waals surface area contributed by atoms with Gasteiger partial charge >= 0.3 is 12.0 Å². The van der Waals surface area contributed by atoms with Gasteiger partial charge in [-0.05, 0) is 49.8 Å². The standard InChI is InChI=1S/C24H31N5O4/c1-16-5-6-17-7-9-19(27-23(17)26-16)4-3-11-28-12-13-29(24(28)32)20(14-22(30)31)18-8-10-21(33-2)25-15-18/h7-10,15-16,20H,3-6,11-14H2,1-2H3,(H,26,27)(H,30,31). The van der Waals surface area contributed by atoms with Gasteiger partial charge in [-0.3, -0.25) is 4.79 Å². The molecule has 9 nitrogen and oxygen atoms in total. The minimum atomic E-state index is -0.955. The Bertz CT molecular complexity index is 997. The molecule has 0 aromatic carbocycles. The Labute approximate surface area is 193 Å². The molecule has 4 heterocycles. The van der Waals surface area contributed by atoms with Crippen molar-refractivity contribution in [2.24, 2.45) is 0 Å². The summed E-state index contributed by atoms with van der Waals surface area (Å²) in [6.45, 7) is 3.84. The van der Waals surface area contributed by atoms with Crippen LogP contribution in [0.3, 0.4) is 0 Å². The van der Waals surface area contributed by atoms with E-state index in [-0.39, 0.29) is 12.5 Å². The van der Waals surface area contributed by atoms with Gasteiger partial charge in [0.1, 0.15) is 5.82 Å². The summed E-state index contributed by atoms with van der Waals surface area (Å²) in [6.07, 6.45) is 5.17. The molecule has 1 fully saturated rings. The van der Waals surface area contributed by atoms with E-state index < -0.39 is 12.0 Å². The molecule has 0 spiro atoms. The Balaban J connectivity index is 1.36. The molecule has 0 bridgehead atoms. The number of carboxylic acids is 1. The average Bonchev–Trinajstić information content (AvgIpc) is 3.17. The molecule has 2 atom stereocenters. The molecule has 2 aliphatic heterocycles. The zero-order valence-corrected chi connectivity index (χ0v) is 19.2. The molecular formula is C24H31N5O4. The predicted octanol–water partition coefficient (Wildman–Crippen LogP) is 3.12. The normalized spacial score (nSPS) is 18.6. The third-order valence-electron chi connectivity index (χ3n) is 6.35. The highest BCUT2D eigenvalue weighted by molar-refractivity contribution is 5.78. The van der Waals surface area contributed by atoms with E-state index in [9.17, 15) is 14.7 Å². The van der Waals surface area contributed by atoms with Gasteiger partial charge in [0, 0.05) is 43.6 Å². The van der Waals surface area contributed by atoms with Crippen LogP contribution in [0.4, 0.5) is 10.6 Å². The van der Waals surface area contributed by atoms with Gasteiger partial charge in [-0.1, -0.05) is 12.1 Å². The maximum Gasteiger partial charge on any atom is 0.320 e. The third-order valence-corrected chi connectivity index (χ3v) is 6.35. The molecule has 1 saturated heterocycles. The van der Waals surface area contributed by atoms with E-state index in [4.69, 9.17) is 9.72 Å². The average molecular weight is 454 g/mol. The number of aromatic nitrogens is 2. The van der Waals surface area contributed by atoms with E-state index in [1.54, 1.807) is 28.1 Å². The smallest absolute Gasteiger partial charge is 0.320 e. The van der Waals surface area contributed by atoms with E-state index in [0.29, 0.717) is 37.1 Å². The summed E-state index contributed by atoms with van der Waals surface area (Å²) in [7, 11) is 1.52. The predicted molar refractivity (Wildman–Crippen MR) is 123 cm³/mol. The van der Waals surface area contributed by atoms with Gasteiger partial charge in [0.2, 0.25) is 5.88 Å². The molecule has 4 rings (SSSR count). The molecule has 176 valence electrons. The van der Waals surface area contributed by atoms with Crippen molar-refractivity contribution >= 4 is 17.8 Å². The third kappa shape index (κ3) is 5.35. The van der Waals surface area contributed by atoms with E-state index in [1.165, 1.54) is 12.7 Å². The first-order valence-electron chi connectivity index (χ1n) is 11.5. The van der Waals surface area contributed by atoms with Crippen LogP contribution in [-0.4, -0.2) is 69.7 Å². The number of carbonyl (C=O) groups excluding carboxylic acids is 1. The van der Waals surface area contributed by atoms with Crippen molar-refractivity contribution in [1.82, 2.24) is 19.8 Å². The highest BCUT2D eigenvalue weighted by atomic mass is 16.5. The summed E-state index contributed by atoms with van der Waals surface area (Å²) >= 11 is 0. The van der Waals surface area contributed by atoms with Gasteiger partial charge in [-0.15, -0.1) is 0 Å². The summed E-state index contributed by atoms with van der Waals surface area (Å²) in [5.41, 5.74) is 2.97. The van der Waals surface area contributed by atoms with Crippen LogP contribution in [0, 0.1) is 0 Å². The van der Waals surface area contributed by atoms with Crippen molar-refractivity contribution in [2.75, 3.05) is 32.1 Å². The van der Waals surface area contributed by atoms with Crippen LogP contribution >= 0.6 is 0 Å². The summed E-state index contributed by atoms with van der Waals surface area (Å²) < 4.78 is 5.09. The lowest BCUT2D eigenvalue weighted by atomic mass is 10.0. The number of aliphatic carboxylic acids is 1. The Kier molecular flexibility index (Phi) is 6.96. The molecule has 2 aliphatic rings. The Morgan fingerprint density at radius 2 is 2.15 bits per heavy atom. The second-order valence-electron chi connectivity index (χ2n) is 8.71. The number of carbonyl (C=O) groups is 2. The number of pyridine rings is 2. The van der Waals surface area contributed by atoms with E-state index in [1.807, 2.05) is 0 Å². The molecular weight excluding hydrogens is 422 g/mol. The number of hydrogen-bond donors (Lipinski definition) is 2. The largest absolute Gasteiger partial charge is 0.481 e. The van der Waals surface area contributed by atoms with E-state index in [0.717, 1.165) is 37.2 Å². The van der Waals surface area contributed by atoms with Crippen molar-refractivity contribution in [1.29, 1.82) is 0 Å². The Morgan fingerprint density at radius 1 is 1.30 bits per heavy atom. The van der Waals surface area contributed by atoms with Crippen molar-refractivity contribution in [3.8, 4) is 5.88 Å². The quantitative estimate of drug-likeness (QED) is 0.601. The SMILES string of the molecule is COc1ccc(C(CC(=O)O)N2CCN(CCCc3ccc4c(n3)NC(C)CC4)C2=O)cn1. The maximum atomic E-state index is 13.1. The number of anilines is 1. The first-order chi connectivity index (χ1) is 15.9. The van der Waals surface area contributed by atoms with Crippen molar-refractivity contribution in [3.05, 3.63) is 47.3 Å². The molecule has 2 aromatic heterocycles. The Morgan fingerprint density at radius 3 is 2.88 bits per heavy atom. The molecule has 0 radical (unpaired) electrons. The van der Waals surface area contributed by atoms with Crippen LogP contribution in [0.25, 0.3) is 0 Å². The number of methoxy groups -OCH3 is 1. The summed E-state index contributed by atoms with van der Waals surface area (Å²) in [6, 6.07) is 7.43. The summed E-state index contributed by atoms with van der Waals surface area (Å²) in [4.78, 5) is 37.0. The second kappa shape index (κ2) is 10.1. The number of aryl methyl sites for hydroxylation is 2. The van der Waals surface area contributed by atoms with Crippen molar-refractivity contribution in [3.63, 3.8) is 0 Å². The first kappa shape index (κ1) is 22.8. The maximum absolute atomic E-state index is 13.1. The number of nitrogens with one attached hydrogen (secondary N) is 1. The number of amides is 2. The number of nitrogens with zero attached hydrogens (tertiary/aromatic N) is 4. The van der Waals surface area contributed by atoms with Gasteiger partial charge < -0.3 is 25.0 Å². The van der Waals surface area contributed by atoms with Gasteiger partial charge in [0.05, 0.1) is 19.6 Å². The number of fused-ring (bicyclic) bond motifs is 1. The van der Waals surface area contributed by atoms with E-state index in [2.05, 4.69) is 29.4 Å². The van der Waals surface area contributed by atoms with Crippen LogP contribution in [0.5, 0.6) is 5.88 Å². The molecule has 0 saturated carbocycles. The fourth-order valence-corrected chi connectivity index (χ4v) is 4.50. The zero-order chi connectivity index (χ0) is 23.4. The number of carboxylic acid groups (broad SMARTS) is 1. The van der Waals surface area contributed by atoms with Crippen molar-refractivity contribution in [2.45, 2.75) is 51.1 Å². The van der Waals surface area contributed by atoms with Gasteiger partial charge in [-0.25, -0.2) is 14.8 Å². The summed E-state index contributed by atoms with van der Waals surface area (Å²) in [5.74, 6) is 0.477. The van der Waals surface area contributed by atoms with Gasteiger partial charge in [0.25, 0.3) is 0 Å². The van der Waals surface area contributed by atoms with Gasteiger partial charge in [0.15, 0.2) is 0 Å². The fourth-order valence-electron chi connectivity index (χ4n) is 4.50. The van der Waals surface area contributed by atoms with Crippen LogP contribution in [0.1, 0.15) is 49.0 Å². The van der Waals surface area contributed by atoms with Crippen molar-refractivity contribution < 1.29 is 19.4 Å². The highest BCUT2D eigenvalue weighted by Gasteiger charge is 2.35. The topological polar surface area (TPSA) is 108 Å². The molecule has 33 heavy (non-hydrogen) atoms. The van der Waals surface area contributed by atoms with E-state index >= 15 is 0 Å². The van der Waals surface area contributed by atoms with Gasteiger partial charge in [-0.2, -0.15) is 0 Å². The number of ether oxygens (including phenoxy) is 1. The minimum absolute atomic E-state index is 0.133. The van der Waals surface area contributed by atoms with Crippen LogP contribution in [-0.2, 0) is 17.6 Å². The lowest BCUT2D eigenvalue weighted by Crippen LogP contribution is -2.36.